The monoisotopic (exact) mass is 358 g/mol. The fourth-order valence-electron chi connectivity index (χ4n) is 2.98. The lowest BCUT2D eigenvalue weighted by atomic mass is 10.1. The van der Waals surface area contributed by atoms with Crippen molar-refractivity contribution in [2.75, 3.05) is 14.2 Å². The van der Waals surface area contributed by atoms with Crippen molar-refractivity contribution < 1.29 is 13.3 Å². The Kier molecular flexibility index (Phi) is 16.2. The first-order valence-electron chi connectivity index (χ1n) is 10.1. The molecule has 0 radical (unpaired) electrons. The van der Waals surface area contributed by atoms with Gasteiger partial charge in [-0.05, 0) is 19.8 Å². The minimum Gasteiger partial charge on any atom is -0.377 e. The summed E-state index contributed by atoms with van der Waals surface area (Å²) in [4.78, 5) is 0. The van der Waals surface area contributed by atoms with E-state index in [0.29, 0.717) is 0 Å². The third kappa shape index (κ3) is 11.4. The van der Waals surface area contributed by atoms with Crippen LogP contribution >= 0.6 is 0 Å². The first kappa shape index (κ1) is 23.8. The van der Waals surface area contributed by atoms with Gasteiger partial charge in [-0.3, -0.25) is 0 Å². The van der Waals surface area contributed by atoms with E-state index in [1.165, 1.54) is 57.8 Å². The average Bonchev–Trinajstić information content (AvgIpc) is 2.60. The van der Waals surface area contributed by atoms with E-state index >= 15 is 0 Å². The van der Waals surface area contributed by atoms with Crippen LogP contribution in [0, 0.1) is 0 Å². The number of hydrogen-bond donors (Lipinski definition) is 0. The van der Waals surface area contributed by atoms with E-state index < -0.39 is 8.80 Å². The molecule has 0 aromatic rings. The fraction of sp³-hybridized carbons (Fsp3) is 0.900. The minimum atomic E-state index is -2.53. The van der Waals surface area contributed by atoms with Crippen LogP contribution in [0.1, 0.15) is 91.4 Å². The van der Waals surface area contributed by atoms with Gasteiger partial charge in [-0.25, -0.2) is 0 Å². The summed E-state index contributed by atoms with van der Waals surface area (Å²) < 4.78 is 18.0. The van der Waals surface area contributed by atoms with Crippen LogP contribution in [-0.2, 0) is 13.3 Å². The molecular formula is C20H42O3Si. The number of allylic oxidation sites excluding steroid dienone is 1. The molecular weight excluding hydrogens is 316 g/mol. The van der Waals surface area contributed by atoms with Gasteiger partial charge in [0.05, 0.1) is 6.10 Å². The van der Waals surface area contributed by atoms with E-state index in [-0.39, 0.29) is 6.10 Å². The largest absolute Gasteiger partial charge is 0.500 e. The van der Waals surface area contributed by atoms with Gasteiger partial charge >= 0.3 is 8.80 Å². The van der Waals surface area contributed by atoms with Gasteiger partial charge in [-0.15, -0.1) is 0 Å². The van der Waals surface area contributed by atoms with E-state index in [1.807, 2.05) is 0 Å². The molecule has 0 aliphatic carbocycles. The lowest BCUT2D eigenvalue weighted by Gasteiger charge is -2.30. The Morgan fingerprint density at radius 3 is 1.88 bits per heavy atom. The van der Waals surface area contributed by atoms with Crippen LogP contribution in [0.4, 0.5) is 0 Å². The van der Waals surface area contributed by atoms with Crippen molar-refractivity contribution in [2.24, 2.45) is 0 Å². The molecule has 3 nitrogen and oxygen atoms in total. The summed E-state index contributed by atoms with van der Waals surface area (Å²) >= 11 is 0. The van der Waals surface area contributed by atoms with Crippen LogP contribution in [0.15, 0.2) is 12.2 Å². The predicted octanol–water partition coefficient (Wildman–Crippen LogP) is 6.51. The van der Waals surface area contributed by atoms with E-state index in [9.17, 15) is 0 Å². The predicted molar refractivity (Wildman–Crippen MR) is 106 cm³/mol. The lowest BCUT2D eigenvalue weighted by molar-refractivity contribution is 0.0686. The third-order valence-electron chi connectivity index (χ3n) is 4.54. The molecule has 1 atom stereocenters. The highest BCUT2D eigenvalue weighted by atomic mass is 28.4. The first-order chi connectivity index (χ1) is 11.7. The molecule has 0 rings (SSSR count). The maximum Gasteiger partial charge on any atom is 0.500 e. The molecule has 0 saturated heterocycles. The third-order valence-corrected chi connectivity index (χ3v) is 7.41. The van der Waals surface area contributed by atoms with Gasteiger partial charge in [-0.2, -0.15) is 0 Å². The minimum absolute atomic E-state index is 0.124. The molecule has 0 saturated carbocycles. The summed E-state index contributed by atoms with van der Waals surface area (Å²) in [5, 5.41) is 0. The SMILES string of the molecule is CC=CC(CCCCCC)O[Si](CCCCCCCC)(OC)OC. The van der Waals surface area contributed by atoms with Gasteiger partial charge in [0.25, 0.3) is 0 Å². The molecule has 0 bridgehead atoms. The van der Waals surface area contributed by atoms with Crippen molar-refractivity contribution in [3.63, 3.8) is 0 Å². The van der Waals surface area contributed by atoms with Crippen LogP contribution in [0.2, 0.25) is 6.04 Å². The second-order valence-corrected chi connectivity index (χ2v) is 9.56. The number of unbranched alkanes of at least 4 members (excludes halogenated alkanes) is 8. The molecule has 0 spiro atoms. The second kappa shape index (κ2) is 16.3. The summed E-state index contributed by atoms with van der Waals surface area (Å²) in [6, 6.07) is 0.926. The van der Waals surface area contributed by atoms with Crippen LogP contribution in [0.25, 0.3) is 0 Å². The second-order valence-electron chi connectivity index (χ2n) is 6.64. The molecule has 4 heteroatoms. The molecule has 0 fully saturated rings. The van der Waals surface area contributed by atoms with Crippen molar-refractivity contribution in [2.45, 2.75) is 104 Å². The number of hydrogen-bond acceptors (Lipinski definition) is 3. The van der Waals surface area contributed by atoms with E-state index in [2.05, 4.69) is 32.9 Å². The Morgan fingerprint density at radius 1 is 0.792 bits per heavy atom. The number of rotatable bonds is 17. The molecule has 144 valence electrons. The van der Waals surface area contributed by atoms with E-state index in [0.717, 1.165) is 18.9 Å². The van der Waals surface area contributed by atoms with Crippen molar-refractivity contribution >= 4 is 8.80 Å². The first-order valence-corrected chi connectivity index (χ1v) is 12.0. The summed E-state index contributed by atoms with van der Waals surface area (Å²) in [6.45, 7) is 6.55. The van der Waals surface area contributed by atoms with Crippen LogP contribution in [0.3, 0.4) is 0 Å². The zero-order valence-electron chi connectivity index (χ0n) is 16.9. The van der Waals surface area contributed by atoms with Gasteiger partial charge in [0.2, 0.25) is 0 Å². The maximum atomic E-state index is 6.39. The van der Waals surface area contributed by atoms with Crippen molar-refractivity contribution in [1.29, 1.82) is 0 Å². The molecule has 24 heavy (non-hydrogen) atoms. The highest BCUT2D eigenvalue weighted by Crippen LogP contribution is 2.23. The molecule has 0 aliphatic heterocycles. The highest BCUT2D eigenvalue weighted by Gasteiger charge is 2.40. The van der Waals surface area contributed by atoms with Crippen molar-refractivity contribution in [1.82, 2.24) is 0 Å². The molecule has 0 aliphatic rings. The zero-order valence-corrected chi connectivity index (χ0v) is 17.9. The van der Waals surface area contributed by atoms with Gasteiger partial charge in [0, 0.05) is 20.3 Å². The van der Waals surface area contributed by atoms with Crippen LogP contribution in [-0.4, -0.2) is 29.1 Å². The van der Waals surface area contributed by atoms with Crippen molar-refractivity contribution in [3.8, 4) is 0 Å². The zero-order chi connectivity index (χ0) is 18.1. The Bertz CT molecular complexity index is 291. The molecule has 0 heterocycles. The molecule has 0 aromatic carbocycles. The van der Waals surface area contributed by atoms with Crippen LogP contribution < -0.4 is 0 Å². The van der Waals surface area contributed by atoms with Crippen LogP contribution in [0.5, 0.6) is 0 Å². The highest BCUT2D eigenvalue weighted by molar-refractivity contribution is 6.60. The summed E-state index contributed by atoms with van der Waals surface area (Å²) in [5.74, 6) is 0. The fourth-order valence-corrected chi connectivity index (χ4v) is 5.20. The molecule has 0 N–H and O–H groups in total. The van der Waals surface area contributed by atoms with E-state index in [4.69, 9.17) is 13.3 Å². The smallest absolute Gasteiger partial charge is 0.377 e. The lowest BCUT2D eigenvalue weighted by Crippen LogP contribution is -2.46. The Morgan fingerprint density at radius 2 is 1.33 bits per heavy atom. The average molecular weight is 359 g/mol. The Hall–Kier alpha value is -0.163. The summed E-state index contributed by atoms with van der Waals surface area (Å²) in [6.07, 6.45) is 18.1. The standard InChI is InChI=1S/C20H42O3Si/c1-6-9-11-13-14-16-19-24(21-4,22-5)23-20(17-8-3)18-15-12-10-7-2/h8,17,20H,6-7,9-16,18-19H2,1-5H3. The van der Waals surface area contributed by atoms with Gasteiger partial charge in [0.15, 0.2) is 0 Å². The molecule has 0 amide bonds. The van der Waals surface area contributed by atoms with Gasteiger partial charge < -0.3 is 13.3 Å². The molecule has 1 unspecified atom stereocenters. The van der Waals surface area contributed by atoms with Gasteiger partial charge in [0.1, 0.15) is 0 Å². The van der Waals surface area contributed by atoms with Gasteiger partial charge in [-0.1, -0.05) is 83.8 Å². The maximum absolute atomic E-state index is 6.39. The summed E-state index contributed by atoms with van der Waals surface area (Å²) in [5.41, 5.74) is 0. The Labute approximate surface area is 152 Å². The molecule has 0 aromatic heterocycles. The topological polar surface area (TPSA) is 27.7 Å². The van der Waals surface area contributed by atoms with Crippen molar-refractivity contribution in [3.05, 3.63) is 12.2 Å². The normalized spacial score (nSPS) is 13.7. The summed E-state index contributed by atoms with van der Waals surface area (Å²) in [7, 11) is 0.961. The van der Waals surface area contributed by atoms with E-state index in [1.54, 1.807) is 14.2 Å². The Balaban J connectivity index is 4.39. The quantitative estimate of drug-likeness (QED) is 0.168.